The lowest BCUT2D eigenvalue weighted by molar-refractivity contribution is -0.144. The molecule has 0 saturated heterocycles. The first-order valence-electron chi connectivity index (χ1n) is 6.04. The third-order valence-corrected chi connectivity index (χ3v) is 2.38. The first kappa shape index (κ1) is 17.4. The van der Waals surface area contributed by atoms with E-state index < -0.39 is 29.4 Å². The highest BCUT2D eigenvalue weighted by Gasteiger charge is 2.25. The number of carbonyl (C=O) groups is 3. The van der Waals surface area contributed by atoms with E-state index in [0.717, 1.165) is 0 Å². The highest BCUT2D eigenvalue weighted by molar-refractivity contribution is 5.85. The molecule has 0 radical (unpaired) electrons. The first-order valence-corrected chi connectivity index (χ1v) is 6.04. The van der Waals surface area contributed by atoms with Gasteiger partial charge in [0.25, 0.3) is 0 Å². The molecule has 0 unspecified atom stereocenters. The molecule has 0 aliphatic carbocycles. The van der Waals surface area contributed by atoms with Gasteiger partial charge in [-0.25, -0.2) is 4.79 Å². The van der Waals surface area contributed by atoms with Crippen molar-refractivity contribution in [1.29, 1.82) is 0 Å². The summed E-state index contributed by atoms with van der Waals surface area (Å²) >= 11 is 0. The Morgan fingerprint density at radius 3 is 2.11 bits per heavy atom. The van der Waals surface area contributed by atoms with Gasteiger partial charge in [0.1, 0.15) is 0 Å². The summed E-state index contributed by atoms with van der Waals surface area (Å²) in [5.74, 6) is -2.03. The Hall–Kier alpha value is -1.63. The molecule has 7 heteroatoms. The third-order valence-electron chi connectivity index (χ3n) is 2.38. The molecule has 7 nitrogen and oxygen atoms in total. The van der Waals surface area contributed by atoms with Gasteiger partial charge in [-0.05, 0) is 6.92 Å². The molecular formula is C12H22N2O5. The number of aliphatic hydroxyl groups excluding tert-OH is 1. The fourth-order valence-corrected chi connectivity index (χ4v) is 1.19. The Balaban J connectivity index is 4.13. The van der Waals surface area contributed by atoms with Crippen LogP contribution in [0.1, 0.15) is 34.1 Å². The molecule has 0 spiro atoms. The van der Waals surface area contributed by atoms with Crippen LogP contribution in [0.25, 0.3) is 0 Å². The van der Waals surface area contributed by atoms with Crippen LogP contribution in [0.5, 0.6) is 0 Å². The number of carbonyl (C=O) groups excluding carboxylic acids is 2. The molecule has 19 heavy (non-hydrogen) atoms. The Morgan fingerprint density at radius 1 is 1.21 bits per heavy atom. The predicted octanol–water partition coefficient (Wildman–Crippen LogP) is -0.511. The fraction of sp³-hybridized carbons (Fsp3) is 0.750. The monoisotopic (exact) mass is 274 g/mol. The zero-order valence-corrected chi connectivity index (χ0v) is 11.7. The van der Waals surface area contributed by atoms with Crippen molar-refractivity contribution in [3.05, 3.63) is 0 Å². The molecule has 2 amide bonds. The van der Waals surface area contributed by atoms with E-state index in [1.54, 1.807) is 20.8 Å². The smallest absolute Gasteiger partial charge is 0.328 e. The summed E-state index contributed by atoms with van der Waals surface area (Å²) < 4.78 is 0. The van der Waals surface area contributed by atoms with E-state index in [0.29, 0.717) is 0 Å². The van der Waals surface area contributed by atoms with Crippen LogP contribution in [0.4, 0.5) is 0 Å². The second-order valence-corrected chi connectivity index (χ2v) is 5.38. The summed E-state index contributed by atoms with van der Waals surface area (Å²) in [4.78, 5) is 33.7. The van der Waals surface area contributed by atoms with Gasteiger partial charge in [-0.1, -0.05) is 20.8 Å². The highest BCUT2D eigenvalue weighted by atomic mass is 16.4. The van der Waals surface area contributed by atoms with Gasteiger partial charge in [0.2, 0.25) is 11.8 Å². The van der Waals surface area contributed by atoms with E-state index in [1.165, 1.54) is 6.92 Å². The maximum Gasteiger partial charge on any atom is 0.328 e. The minimum Gasteiger partial charge on any atom is -0.480 e. The molecule has 0 aromatic carbocycles. The topological polar surface area (TPSA) is 116 Å². The van der Waals surface area contributed by atoms with Crippen LogP contribution in [0.15, 0.2) is 0 Å². The molecular weight excluding hydrogens is 252 g/mol. The van der Waals surface area contributed by atoms with Gasteiger partial charge < -0.3 is 20.8 Å². The number of rotatable bonds is 6. The molecule has 0 fully saturated rings. The predicted molar refractivity (Wildman–Crippen MR) is 68.3 cm³/mol. The molecule has 0 saturated carbocycles. The van der Waals surface area contributed by atoms with E-state index in [2.05, 4.69) is 10.6 Å². The number of hydrogen-bond acceptors (Lipinski definition) is 4. The van der Waals surface area contributed by atoms with Crippen molar-refractivity contribution in [1.82, 2.24) is 10.6 Å². The highest BCUT2D eigenvalue weighted by Crippen LogP contribution is 2.12. The maximum absolute atomic E-state index is 11.5. The molecule has 4 N–H and O–H groups in total. The van der Waals surface area contributed by atoms with Crippen LogP contribution in [-0.4, -0.2) is 46.7 Å². The molecule has 110 valence electrons. The van der Waals surface area contributed by atoms with Gasteiger partial charge in [-0.3, -0.25) is 9.59 Å². The van der Waals surface area contributed by atoms with Gasteiger partial charge in [0.15, 0.2) is 6.04 Å². The quantitative estimate of drug-likeness (QED) is 0.520. The molecule has 0 aromatic rings. The Kier molecular flexibility index (Phi) is 6.47. The minimum absolute atomic E-state index is 0.0433. The largest absolute Gasteiger partial charge is 0.480 e. The van der Waals surface area contributed by atoms with Gasteiger partial charge in [0, 0.05) is 18.4 Å². The second-order valence-electron chi connectivity index (χ2n) is 5.38. The second kappa shape index (κ2) is 7.08. The molecule has 0 rings (SSSR count). The van der Waals surface area contributed by atoms with E-state index in [4.69, 9.17) is 5.11 Å². The van der Waals surface area contributed by atoms with Crippen LogP contribution in [0, 0.1) is 5.41 Å². The summed E-state index contributed by atoms with van der Waals surface area (Å²) in [5.41, 5.74) is -0.542. The van der Waals surface area contributed by atoms with Crippen LogP contribution >= 0.6 is 0 Å². The van der Waals surface area contributed by atoms with Crippen LogP contribution < -0.4 is 10.6 Å². The average Bonchev–Trinajstić information content (AvgIpc) is 2.23. The fourth-order valence-electron chi connectivity index (χ4n) is 1.19. The molecule has 0 aliphatic rings. The van der Waals surface area contributed by atoms with Crippen LogP contribution in [0.3, 0.4) is 0 Å². The number of carboxylic acid groups (broad SMARTS) is 1. The number of amides is 2. The summed E-state index contributed by atoms with van der Waals surface area (Å²) in [5, 5.41) is 22.7. The van der Waals surface area contributed by atoms with Crippen molar-refractivity contribution in [3.8, 4) is 0 Å². The molecule has 0 bridgehead atoms. The Labute approximate surface area is 112 Å². The lowest BCUT2D eigenvalue weighted by atomic mass is 9.96. The van der Waals surface area contributed by atoms with Crippen molar-refractivity contribution in [2.24, 2.45) is 5.41 Å². The number of aliphatic carboxylic acids is 1. The zero-order chi connectivity index (χ0) is 15.2. The van der Waals surface area contributed by atoms with Crippen molar-refractivity contribution in [3.63, 3.8) is 0 Å². The molecule has 0 heterocycles. The minimum atomic E-state index is -1.34. The summed E-state index contributed by atoms with van der Waals surface area (Å²) in [6, 6.07) is -1.34. The normalized spacial score (nSPS) is 14.4. The Bertz CT molecular complexity index is 347. The van der Waals surface area contributed by atoms with Gasteiger partial charge in [0.05, 0.1) is 6.10 Å². The van der Waals surface area contributed by atoms with E-state index >= 15 is 0 Å². The number of carboxylic acids is 1. The van der Waals surface area contributed by atoms with Crippen molar-refractivity contribution in [2.75, 3.05) is 6.54 Å². The van der Waals surface area contributed by atoms with Crippen LogP contribution in [0.2, 0.25) is 0 Å². The van der Waals surface area contributed by atoms with Gasteiger partial charge in [-0.15, -0.1) is 0 Å². The van der Waals surface area contributed by atoms with Gasteiger partial charge >= 0.3 is 5.97 Å². The lowest BCUT2D eigenvalue weighted by Gasteiger charge is -2.19. The van der Waals surface area contributed by atoms with Crippen molar-refractivity contribution in [2.45, 2.75) is 46.3 Å². The summed E-state index contributed by atoms with van der Waals surface area (Å²) in [6.07, 6.45) is -1.23. The number of aliphatic hydroxyl groups is 1. The number of nitrogens with one attached hydrogen (secondary N) is 2. The van der Waals surface area contributed by atoms with Crippen molar-refractivity contribution < 1.29 is 24.6 Å². The number of hydrogen-bond donors (Lipinski definition) is 4. The van der Waals surface area contributed by atoms with E-state index in [1.807, 2.05) is 0 Å². The van der Waals surface area contributed by atoms with Crippen molar-refractivity contribution >= 4 is 17.8 Å². The van der Waals surface area contributed by atoms with Gasteiger partial charge in [-0.2, -0.15) is 0 Å². The molecule has 0 aliphatic heterocycles. The molecule has 2 atom stereocenters. The summed E-state index contributed by atoms with van der Waals surface area (Å²) in [7, 11) is 0. The van der Waals surface area contributed by atoms with E-state index in [9.17, 15) is 19.5 Å². The first-order chi connectivity index (χ1) is 8.55. The standard InChI is InChI=1S/C12H22N2O5/c1-7(15)9(10(17)18)14-8(16)5-6-13-11(19)12(2,3)4/h7,9,15H,5-6H2,1-4H3,(H,13,19)(H,14,16)(H,17,18)/t7-,9+/m1/s1. The summed E-state index contributed by atoms with van der Waals surface area (Å²) in [6.45, 7) is 6.64. The molecule has 0 aromatic heterocycles. The third kappa shape index (κ3) is 6.76. The van der Waals surface area contributed by atoms with Crippen LogP contribution in [-0.2, 0) is 14.4 Å². The zero-order valence-electron chi connectivity index (χ0n) is 11.7. The average molecular weight is 274 g/mol. The SMILES string of the molecule is C[C@@H](O)[C@H](NC(=O)CCNC(=O)C(C)(C)C)C(=O)O. The lowest BCUT2D eigenvalue weighted by Crippen LogP contribution is -2.48. The maximum atomic E-state index is 11.5. The Morgan fingerprint density at radius 2 is 1.74 bits per heavy atom. The van der Waals surface area contributed by atoms with E-state index in [-0.39, 0.29) is 18.9 Å².